The van der Waals surface area contributed by atoms with Gasteiger partial charge in [0.25, 0.3) is 5.91 Å². The molecule has 5 nitrogen and oxygen atoms in total. The second-order valence-corrected chi connectivity index (χ2v) is 6.06. The molecule has 1 saturated heterocycles. The van der Waals surface area contributed by atoms with Gasteiger partial charge in [-0.1, -0.05) is 17.3 Å². The Bertz CT molecular complexity index is 585. The van der Waals surface area contributed by atoms with Crippen molar-refractivity contribution >= 4 is 11.6 Å². The number of carbonyl (C=O) groups is 1. The van der Waals surface area contributed by atoms with E-state index in [1.807, 2.05) is 6.07 Å². The zero-order valence-electron chi connectivity index (χ0n) is 13.0. The summed E-state index contributed by atoms with van der Waals surface area (Å²) in [6.45, 7) is 2.18. The lowest BCUT2D eigenvalue weighted by molar-refractivity contribution is -0.131. The number of benzene rings is 1. The summed E-state index contributed by atoms with van der Waals surface area (Å²) in [5.41, 5.74) is 1.59. The minimum absolute atomic E-state index is 0.130. The second-order valence-electron chi connectivity index (χ2n) is 6.06. The molecule has 1 fully saturated rings. The first kappa shape index (κ1) is 15.9. The maximum absolute atomic E-state index is 13.2. The van der Waals surface area contributed by atoms with E-state index in [9.17, 15) is 9.18 Å². The average molecular weight is 320 g/mol. The summed E-state index contributed by atoms with van der Waals surface area (Å²) >= 11 is 0. The van der Waals surface area contributed by atoms with E-state index in [0.717, 1.165) is 37.3 Å². The average Bonchev–Trinajstić information content (AvgIpc) is 3.02. The molecule has 0 spiro atoms. The number of rotatable bonds is 5. The molecule has 0 saturated carbocycles. The predicted octanol–water partition coefficient (Wildman–Crippen LogP) is 2.06. The molecule has 124 valence electrons. The normalized spacial score (nSPS) is 21.6. The zero-order valence-corrected chi connectivity index (χ0v) is 13.0. The number of halogens is 1. The maximum atomic E-state index is 13.2. The third-order valence-corrected chi connectivity index (χ3v) is 4.23. The summed E-state index contributed by atoms with van der Waals surface area (Å²) < 4.78 is 18.5. The topological polar surface area (TPSA) is 59.9 Å². The fourth-order valence-corrected chi connectivity index (χ4v) is 2.86. The summed E-state index contributed by atoms with van der Waals surface area (Å²) in [7, 11) is 0. The summed E-state index contributed by atoms with van der Waals surface area (Å²) in [6.07, 6.45) is 2.34. The molecule has 0 aliphatic carbocycles. The van der Waals surface area contributed by atoms with Crippen LogP contribution in [0.4, 0.5) is 4.39 Å². The third-order valence-electron chi connectivity index (χ3n) is 4.23. The predicted molar refractivity (Wildman–Crippen MR) is 83.6 cm³/mol. The lowest BCUT2D eigenvalue weighted by atomic mass is 10.00. The van der Waals surface area contributed by atoms with Crippen molar-refractivity contribution in [3.05, 3.63) is 35.6 Å². The van der Waals surface area contributed by atoms with E-state index in [0.29, 0.717) is 25.3 Å². The van der Waals surface area contributed by atoms with Crippen LogP contribution in [0.25, 0.3) is 0 Å². The third kappa shape index (κ3) is 4.51. The molecule has 2 heterocycles. The minimum atomic E-state index is -0.571. The highest BCUT2D eigenvalue weighted by Crippen LogP contribution is 2.17. The van der Waals surface area contributed by atoms with Gasteiger partial charge in [-0.3, -0.25) is 4.79 Å². The lowest BCUT2D eigenvalue weighted by Crippen LogP contribution is -2.38. The Hall–Kier alpha value is -1.95. The number of amides is 1. The van der Waals surface area contributed by atoms with Crippen molar-refractivity contribution in [3.8, 4) is 0 Å². The Morgan fingerprint density at radius 1 is 1.35 bits per heavy atom. The van der Waals surface area contributed by atoms with Gasteiger partial charge in [0.05, 0.1) is 5.71 Å². The number of nitrogens with zero attached hydrogens (tertiary/aromatic N) is 1. The van der Waals surface area contributed by atoms with Gasteiger partial charge in [-0.25, -0.2) is 4.39 Å². The molecule has 0 aromatic heterocycles. The van der Waals surface area contributed by atoms with Crippen LogP contribution in [-0.2, 0) is 20.8 Å². The van der Waals surface area contributed by atoms with E-state index in [2.05, 4.69) is 10.5 Å². The standard InChI is InChI=1S/C17H21FN2O3/c18-14-3-1-2-13(8-14)9-15-10-16(23-20-15)17(21)19-11-12-4-6-22-7-5-12/h1-3,8,12,16H,4-7,9-11H2,(H,19,21). The fraction of sp³-hybridized carbons (Fsp3) is 0.529. The molecule has 1 amide bonds. The first-order chi connectivity index (χ1) is 11.2. The van der Waals surface area contributed by atoms with Crippen molar-refractivity contribution in [1.82, 2.24) is 5.32 Å². The molecule has 2 aliphatic rings. The molecule has 23 heavy (non-hydrogen) atoms. The Morgan fingerprint density at radius 2 is 2.17 bits per heavy atom. The first-order valence-corrected chi connectivity index (χ1v) is 8.02. The molecule has 1 aromatic carbocycles. The summed E-state index contributed by atoms with van der Waals surface area (Å²) in [4.78, 5) is 17.4. The number of carbonyl (C=O) groups excluding carboxylic acids is 1. The Labute approximate surface area is 134 Å². The first-order valence-electron chi connectivity index (χ1n) is 8.02. The molecule has 1 aromatic rings. The lowest BCUT2D eigenvalue weighted by Gasteiger charge is -2.22. The van der Waals surface area contributed by atoms with Gasteiger partial charge in [-0.05, 0) is 36.5 Å². The van der Waals surface area contributed by atoms with Crippen molar-refractivity contribution in [3.63, 3.8) is 0 Å². The monoisotopic (exact) mass is 320 g/mol. The van der Waals surface area contributed by atoms with Crippen LogP contribution in [0.1, 0.15) is 24.8 Å². The molecular formula is C17H21FN2O3. The van der Waals surface area contributed by atoms with Crippen molar-refractivity contribution in [2.24, 2.45) is 11.1 Å². The van der Waals surface area contributed by atoms with Crippen LogP contribution in [-0.4, -0.2) is 37.5 Å². The highest BCUT2D eigenvalue weighted by atomic mass is 19.1. The van der Waals surface area contributed by atoms with Crippen LogP contribution >= 0.6 is 0 Å². The van der Waals surface area contributed by atoms with E-state index in [-0.39, 0.29) is 11.7 Å². The minimum Gasteiger partial charge on any atom is -0.382 e. The fourth-order valence-electron chi connectivity index (χ4n) is 2.86. The Kier molecular flexibility index (Phi) is 5.23. The molecule has 0 bridgehead atoms. The highest BCUT2D eigenvalue weighted by molar-refractivity contribution is 5.93. The van der Waals surface area contributed by atoms with E-state index < -0.39 is 6.10 Å². The van der Waals surface area contributed by atoms with Gasteiger partial charge in [0.1, 0.15) is 5.82 Å². The molecule has 0 radical (unpaired) electrons. The van der Waals surface area contributed by atoms with Crippen molar-refractivity contribution in [1.29, 1.82) is 0 Å². The number of ether oxygens (including phenoxy) is 1. The summed E-state index contributed by atoms with van der Waals surface area (Å²) in [6, 6.07) is 6.38. The van der Waals surface area contributed by atoms with Crippen LogP contribution in [0.15, 0.2) is 29.4 Å². The molecule has 2 aliphatic heterocycles. The van der Waals surface area contributed by atoms with Crippen LogP contribution in [0.2, 0.25) is 0 Å². The maximum Gasteiger partial charge on any atom is 0.264 e. The van der Waals surface area contributed by atoms with Crippen molar-refractivity contribution in [2.75, 3.05) is 19.8 Å². The molecule has 1 N–H and O–H groups in total. The van der Waals surface area contributed by atoms with Crippen LogP contribution < -0.4 is 5.32 Å². The van der Waals surface area contributed by atoms with E-state index >= 15 is 0 Å². The van der Waals surface area contributed by atoms with E-state index in [1.165, 1.54) is 12.1 Å². The van der Waals surface area contributed by atoms with Crippen LogP contribution in [0.3, 0.4) is 0 Å². The van der Waals surface area contributed by atoms with E-state index in [1.54, 1.807) is 6.07 Å². The zero-order chi connectivity index (χ0) is 16.1. The second kappa shape index (κ2) is 7.55. The van der Waals surface area contributed by atoms with E-state index in [4.69, 9.17) is 9.57 Å². The SMILES string of the molecule is O=C(NCC1CCOCC1)C1CC(Cc2cccc(F)c2)=NO1. The van der Waals surface area contributed by atoms with Crippen molar-refractivity contribution in [2.45, 2.75) is 31.8 Å². The quantitative estimate of drug-likeness (QED) is 0.903. The molecule has 1 atom stereocenters. The largest absolute Gasteiger partial charge is 0.382 e. The van der Waals surface area contributed by atoms with Gasteiger partial charge in [0.15, 0.2) is 0 Å². The number of hydrogen-bond donors (Lipinski definition) is 1. The van der Waals surface area contributed by atoms with Crippen LogP contribution in [0.5, 0.6) is 0 Å². The van der Waals surface area contributed by atoms with Gasteiger partial charge in [0, 0.05) is 32.6 Å². The molecule has 3 rings (SSSR count). The van der Waals surface area contributed by atoms with Gasteiger partial charge < -0.3 is 14.9 Å². The van der Waals surface area contributed by atoms with Gasteiger partial charge in [-0.2, -0.15) is 0 Å². The van der Waals surface area contributed by atoms with Crippen LogP contribution in [0, 0.1) is 11.7 Å². The molecule has 1 unspecified atom stereocenters. The molecular weight excluding hydrogens is 299 g/mol. The summed E-state index contributed by atoms with van der Waals surface area (Å²) in [5, 5.41) is 6.91. The Balaban J connectivity index is 1.43. The van der Waals surface area contributed by atoms with Crippen molar-refractivity contribution < 1.29 is 18.8 Å². The number of oxime groups is 1. The Morgan fingerprint density at radius 3 is 2.96 bits per heavy atom. The van der Waals surface area contributed by atoms with Gasteiger partial charge in [0.2, 0.25) is 6.10 Å². The smallest absolute Gasteiger partial charge is 0.264 e. The highest BCUT2D eigenvalue weighted by Gasteiger charge is 2.28. The van der Waals surface area contributed by atoms with Gasteiger partial charge in [-0.15, -0.1) is 0 Å². The summed E-state index contributed by atoms with van der Waals surface area (Å²) in [5.74, 6) is 0.0732. The number of hydrogen-bond acceptors (Lipinski definition) is 4. The van der Waals surface area contributed by atoms with Gasteiger partial charge >= 0.3 is 0 Å². The molecule has 6 heteroatoms. The number of nitrogens with one attached hydrogen (secondary N) is 1.